The summed E-state index contributed by atoms with van der Waals surface area (Å²) in [6, 6.07) is 76.6. The molecule has 0 aliphatic carbocycles. The van der Waals surface area contributed by atoms with Gasteiger partial charge in [-0.1, -0.05) is 146 Å². The molecule has 5 heteroatoms. The van der Waals surface area contributed by atoms with E-state index in [1.807, 2.05) is 24.3 Å². The van der Waals surface area contributed by atoms with Crippen LogP contribution < -0.4 is 4.90 Å². The summed E-state index contributed by atoms with van der Waals surface area (Å²) in [6.07, 6.45) is 0. The van der Waals surface area contributed by atoms with Crippen LogP contribution in [0.4, 0.5) is 17.1 Å². The first-order chi connectivity index (χ1) is 30.3. The Labute approximate surface area is 352 Å². The molecule has 61 heavy (non-hydrogen) atoms. The summed E-state index contributed by atoms with van der Waals surface area (Å²) in [5, 5.41) is 6.52. The highest BCUT2D eigenvalue weighted by Crippen LogP contribution is 2.47. The largest absolute Gasteiger partial charge is 0.455 e. The lowest BCUT2D eigenvalue weighted by Gasteiger charge is -2.26. The fourth-order valence-corrected chi connectivity index (χ4v) is 9.05. The highest BCUT2D eigenvalue weighted by molar-refractivity contribution is 6.22. The second kappa shape index (κ2) is 14.2. The molecule has 9 aromatic carbocycles. The maximum absolute atomic E-state index is 6.92. The first-order valence-corrected chi connectivity index (χ1v) is 20.6. The van der Waals surface area contributed by atoms with Crippen LogP contribution in [0.2, 0.25) is 0 Å². The number of para-hydroxylation sites is 3. The van der Waals surface area contributed by atoms with E-state index in [2.05, 4.69) is 204 Å². The summed E-state index contributed by atoms with van der Waals surface area (Å²) >= 11 is 0. The Bertz CT molecular complexity index is 3520. The molecule has 0 unspecified atom stereocenters. The van der Waals surface area contributed by atoms with Crippen LogP contribution in [-0.4, -0.2) is 14.5 Å². The summed E-state index contributed by atoms with van der Waals surface area (Å²) in [5.74, 6) is 0.679. The maximum Gasteiger partial charge on any atom is 0.160 e. The van der Waals surface area contributed by atoms with E-state index in [9.17, 15) is 0 Å². The number of nitrogens with zero attached hydrogens (tertiary/aromatic N) is 4. The molecule has 12 rings (SSSR count). The van der Waals surface area contributed by atoms with Crippen LogP contribution in [0.3, 0.4) is 0 Å². The number of rotatable bonds is 7. The Hall–Kier alpha value is -8.28. The molecule has 0 fully saturated rings. The van der Waals surface area contributed by atoms with Crippen molar-refractivity contribution in [3.63, 3.8) is 0 Å². The summed E-state index contributed by atoms with van der Waals surface area (Å²) < 4.78 is 9.28. The van der Waals surface area contributed by atoms with Crippen molar-refractivity contribution < 1.29 is 4.42 Å². The molecule has 12 aromatic rings. The lowest BCUT2D eigenvalue weighted by Crippen LogP contribution is -2.10. The second-order valence-corrected chi connectivity index (χ2v) is 15.4. The van der Waals surface area contributed by atoms with E-state index in [4.69, 9.17) is 14.4 Å². The molecule has 0 aliphatic heterocycles. The number of hydrogen-bond acceptors (Lipinski definition) is 4. The van der Waals surface area contributed by atoms with E-state index in [1.165, 1.54) is 16.3 Å². The van der Waals surface area contributed by atoms with Gasteiger partial charge in [0.15, 0.2) is 5.82 Å². The number of fused-ring (bicyclic) bond motifs is 8. The van der Waals surface area contributed by atoms with Gasteiger partial charge in [-0.3, -0.25) is 0 Å². The van der Waals surface area contributed by atoms with Crippen molar-refractivity contribution in [1.82, 2.24) is 14.5 Å². The highest BCUT2D eigenvalue weighted by atomic mass is 16.3. The van der Waals surface area contributed by atoms with Crippen molar-refractivity contribution in [3.05, 3.63) is 218 Å². The molecular formula is C56H36N4O. The fraction of sp³-hybridized carbons (Fsp3) is 0. The zero-order chi connectivity index (χ0) is 40.3. The van der Waals surface area contributed by atoms with E-state index < -0.39 is 0 Å². The van der Waals surface area contributed by atoms with Crippen molar-refractivity contribution in [2.24, 2.45) is 0 Å². The molecule has 0 saturated carbocycles. The Balaban J connectivity index is 1.12. The molecule has 3 aromatic heterocycles. The first-order valence-electron chi connectivity index (χ1n) is 20.6. The summed E-state index contributed by atoms with van der Waals surface area (Å²) in [6.45, 7) is 0. The van der Waals surface area contributed by atoms with Crippen LogP contribution in [0.15, 0.2) is 223 Å². The smallest absolute Gasteiger partial charge is 0.160 e. The van der Waals surface area contributed by atoms with Crippen LogP contribution in [0, 0.1) is 0 Å². The lowest BCUT2D eigenvalue weighted by atomic mass is 9.96. The Morgan fingerprint density at radius 1 is 0.410 bits per heavy atom. The van der Waals surface area contributed by atoms with Gasteiger partial charge in [-0.2, -0.15) is 0 Å². The standard InChI is InChI=1S/C56H36N4O/c1-5-18-37(19-6-1)48-36-49(58-56(57-48)38-20-7-2-8-21-38)45-35-47-54-52(30-17-31-53(54)61-55(47)44-28-14-13-26-42(44)45)59(39-22-9-3-10-23-39)41-32-33-51-46(34-41)43-27-15-16-29-50(43)60(51)40-24-11-4-12-25-40/h1-36H. The predicted molar refractivity (Wildman–Crippen MR) is 252 cm³/mol. The van der Waals surface area contributed by atoms with Gasteiger partial charge in [0.2, 0.25) is 0 Å². The first kappa shape index (κ1) is 34.7. The van der Waals surface area contributed by atoms with Crippen molar-refractivity contribution in [2.75, 3.05) is 4.90 Å². The van der Waals surface area contributed by atoms with Crippen LogP contribution >= 0.6 is 0 Å². The van der Waals surface area contributed by atoms with Crippen LogP contribution in [0.1, 0.15) is 0 Å². The average Bonchev–Trinajstić information content (AvgIpc) is 3.89. The Morgan fingerprint density at radius 2 is 1.03 bits per heavy atom. The quantitative estimate of drug-likeness (QED) is 0.162. The lowest BCUT2D eigenvalue weighted by molar-refractivity contribution is 0.672. The molecule has 0 spiro atoms. The van der Waals surface area contributed by atoms with E-state index >= 15 is 0 Å². The number of aromatic nitrogens is 3. The number of furan rings is 1. The number of anilines is 3. The van der Waals surface area contributed by atoms with E-state index in [0.29, 0.717) is 5.82 Å². The number of benzene rings is 9. The highest BCUT2D eigenvalue weighted by Gasteiger charge is 2.24. The third kappa shape index (κ3) is 5.78. The summed E-state index contributed by atoms with van der Waals surface area (Å²) in [4.78, 5) is 12.8. The molecule has 0 amide bonds. The molecule has 0 N–H and O–H groups in total. The minimum Gasteiger partial charge on any atom is -0.455 e. The van der Waals surface area contributed by atoms with Gasteiger partial charge < -0.3 is 13.9 Å². The van der Waals surface area contributed by atoms with Crippen LogP contribution in [-0.2, 0) is 0 Å². The van der Waals surface area contributed by atoms with Gasteiger partial charge in [-0.05, 0) is 78.2 Å². The van der Waals surface area contributed by atoms with Crippen molar-refractivity contribution in [1.29, 1.82) is 0 Å². The topological polar surface area (TPSA) is 47.1 Å². The molecule has 0 aliphatic rings. The zero-order valence-corrected chi connectivity index (χ0v) is 33.0. The van der Waals surface area contributed by atoms with Gasteiger partial charge in [-0.15, -0.1) is 0 Å². The monoisotopic (exact) mass is 780 g/mol. The van der Waals surface area contributed by atoms with Gasteiger partial charge in [0.25, 0.3) is 0 Å². The van der Waals surface area contributed by atoms with E-state index in [1.54, 1.807) is 0 Å². The molecule has 0 bridgehead atoms. The normalized spacial score (nSPS) is 11.6. The Morgan fingerprint density at radius 3 is 1.80 bits per heavy atom. The average molecular weight is 781 g/mol. The SMILES string of the molecule is c1ccc(-c2cc(-c3cc4c(oc5cccc(N(c6ccccc6)c6ccc7c(c6)c6ccccc6n7-c6ccccc6)c54)c4ccccc34)nc(-c3ccccc3)n2)cc1. The molecule has 5 nitrogen and oxygen atoms in total. The van der Waals surface area contributed by atoms with Crippen molar-refractivity contribution in [2.45, 2.75) is 0 Å². The van der Waals surface area contributed by atoms with Gasteiger partial charge >= 0.3 is 0 Å². The van der Waals surface area contributed by atoms with Crippen molar-refractivity contribution >= 4 is 71.6 Å². The molecular weight excluding hydrogens is 745 g/mol. The van der Waals surface area contributed by atoms with Crippen molar-refractivity contribution in [3.8, 4) is 39.6 Å². The van der Waals surface area contributed by atoms with Crippen LogP contribution in [0.25, 0.3) is 94.1 Å². The summed E-state index contributed by atoms with van der Waals surface area (Å²) in [7, 11) is 0. The van der Waals surface area contributed by atoms with Gasteiger partial charge in [0, 0.05) is 55.3 Å². The predicted octanol–water partition coefficient (Wildman–Crippen LogP) is 15.1. The minimum atomic E-state index is 0.679. The molecule has 3 heterocycles. The summed E-state index contributed by atoms with van der Waals surface area (Å²) in [5.41, 5.74) is 13.0. The molecule has 0 atom stereocenters. The fourth-order valence-electron chi connectivity index (χ4n) is 9.05. The third-order valence-electron chi connectivity index (χ3n) is 11.8. The van der Waals surface area contributed by atoms with Crippen LogP contribution in [0.5, 0.6) is 0 Å². The van der Waals surface area contributed by atoms with Gasteiger partial charge in [-0.25, -0.2) is 9.97 Å². The second-order valence-electron chi connectivity index (χ2n) is 15.4. The van der Waals surface area contributed by atoms with E-state index in [-0.39, 0.29) is 0 Å². The minimum absolute atomic E-state index is 0.679. The molecule has 286 valence electrons. The van der Waals surface area contributed by atoms with Gasteiger partial charge in [0.1, 0.15) is 11.2 Å². The van der Waals surface area contributed by atoms with Gasteiger partial charge in [0.05, 0.1) is 33.5 Å². The third-order valence-corrected chi connectivity index (χ3v) is 11.8. The van der Waals surface area contributed by atoms with E-state index in [0.717, 1.165) is 89.1 Å². The Kier molecular flexibility index (Phi) is 8.10. The molecule has 0 radical (unpaired) electrons. The molecule has 0 saturated heterocycles. The number of hydrogen-bond donors (Lipinski definition) is 0. The zero-order valence-electron chi connectivity index (χ0n) is 33.0. The maximum atomic E-state index is 6.92.